The van der Waals surface area contributed by atoms with Crippen molar-refractivity contribution in [1.82, 2.24) is 0 Å². The van der Waals surface area contributed by atoms with E-state index in [9.17, 15) is 5.11 Å². The molecule has 3 atom stereocenters. The van der Waals surface area contributed by atoms with E-state index in [1.54, 1.807) is 0 Å². The monoisotopic (exact) mass is 290 g/mol. The van der Waals surface area contributed by atoms with E-state index in [0.29, 0.717) is 6.04 Å². The van der Waals surface area contributed by atoms with Crippen molar-refractivity contribution in [3.63, 3.8) is 0 Å². The van der Waals surface area contributed by atoms with Gasteiger partial charge in [0, 0.05) is 18.2 Å². The lowest BCUT2D eigenvalue weighted by atomic mass is 9.98. The van der Waals surface area contributed by atoms with Gasteiger partial charge in [0.1, 0.15) is 0 Å². The third kappa shape index (κ3) is 8.67. The summed E-state index contributed by atoms with van der Waals surface area (Å²) in [4.78, 5) is 0. The molecule has 19 heavy (non-hydrogen) atoms. The Balaban J connectivity index is 4.45. The zero-order valence-electron chi connectivity index (χ0n) is 13.2. The van der Waals surface area contributed by atoms with Crippen LogP contribution in [-0.4, -0.2) is 47.8 Å². The molecule has 0 aliphatic heterocycles. The van der Waals surface area contributed by atoms with E-state index in [4.69, 9.17) is 11.6 Å². The molecule has 0 aliphatic carbocycles. The number of aliphatic hydroxyl groups is 1. The number of nitrogens with zero attached hydrogens (tertiary/aromatic N) is 1. The van der Waals surface area contributed by atoms with Crippen molar-refractivity contribution in [2.24, 2.45) is 0 Å². The Morgan fingerprint density at radius 2 is 1.89 bits per heavy atom. The van der Waals surface area contributed by atoms with E-state index in [0.717, 1.165) is 30.3 Å². The number of hydrogen-bond acceptors (Lipinski definition) is 1. The minimum absolute atomic E-state index is 0.220. The Labute approximate surface area is 125 Å². The second-order valence-corrected chi connectivity index (χ2v) is 6.93. The maximum atomic E-state index is 9.70. The number of halogens is 1. The Morgan fingerprint density at radius 1 is 1.26 bits per heavy atom. The van der Waals surface area contributed by atoms with Gasteiger partial charge in [0.25, 0.3) is 0 Å². The number of quaternary nitrogens is 1. The largest absolute Gasteiger partial charge is 0.393 e. The molecule has 0 saturated carbocycles. The first-order valence-electron chi connectivity index (χ1n) is 7.59. The summed E-state index contributed by atoms with van der Waals surface area (Å²) in [6.45, 7) is 8.82. The van der Waals surface area contributed by atoms with Gasteiger partial charge in [0.2, 0.25) is 0 Å². The smallest absolute Gasteiger partial charge is 0.0969 e. The highest BCUT2D eigenvalue weighted by Crippen LogP contribution is 2.23. The molecule has 0 aliphatic rings. The summed E-state index contributed by atoms with van der Waals surface area (Å²) in [7, 11) is 4.40. The molecule has 0 rings (SSSR count). The molecule has 1 N–H and O–H groups in total. The molecule has 0 amide bonds. The standard InChI is InChI=1S/C16H33ClNO/c1-6-8-9-10-15(17)13-16(12-14(3)19)18(4,5)11-7-2/h7,14-16,19H,2,6,8-13H2,1,3-5H3/q+1. The zero-order valence-corrected chi connectivity index (χ0v) is 14.0. The zero-order chi connectivity index (χ0) is 14.9. The van der Waals surface area contributed by atoms with Crippen molar-refractivity contribution in [3.8, 4) is 0 Å². The summed E-state index contributed by atoms with van der Waals surface area (Å²) in [6.07, 6.45) is 8.24. The van der Waals surface area contributed by atoms with Gasteiger partial charge in [0.05, 0.1) is 32.8 Å². The molecular formula is C16H33ClNO+. The van der Waals surface area contributed by atoms with Crippen molar-refractivity contribution in [1.29, 1.82) is 0 Å². The van der Waals surface area contributed by atoms with Gasteiger partial charge >= 0.3 is 0 Å². The summed E-state index contributed by atoms with van der Waals surface area (Å²) in [5, 5.41) is 9.92. The highest BCUT2D eigenvalue weighted by atomic mass is 35.5. The molecule has 0 saturated heterocycles. The summed E-state index contributed by atoms with van der Waals surface area (Å²) in [5.74, 6) is 0. The van der Waals surface area contributed by atoms with Crippen LogP contribution in [0.4, 0.5) is 0 Å². The van der Waals surface area contributed by atoms with E-state index in [2.05, 4.69) is 27.6 Å². The molecule has 0 radical (unpaired) electrons. The normalized spacial score (nSPS) is 16.9. The van der Waals surface area contributed by atoms with Gasteiger partial charge in [-0.3, -0.25) is 0 Å². The molecule has 0 heterocycles. The van der Waals surface area contributed by atoms with E-state index in [1.807, 2.05) is 13.0 Å². The van der Waals surface area contributed by atoms with E-state index >= 15 is 0 Å². The predicted molar refractivity (Wildman–Crippen MR) is 85.7 cm³/mol. The second kappa shape index (κ2) is 9.79. The quantitative estimate of drug-likeness (QED) is 0.264. The minimum Gasteiger partial charge on any atom is -0.393 e. The van der Waals surface area contributed by atoms with Crippen LogP contribution in [0.5, 0.6) is 0 Å². The molecule has 2 nitrogen and oxygen atoms in total. The van der Waals surface area contributed by atoms with E-state index < -0.39 is 0 Å². The Kier molecular flexibility index (Phi) is 9.77. The summed E-state index contributed by atoms with van der Waals surface area (Å²) in [6, 6.07) is 0.391. The molecule has 0 aromatic carbocycles. The fourth-order valence-corrected chi connectivity index (χ4v) is 2.93. The fourth-order valence-electron chi connectivity index (χ4n) is 2.57. The van der Waals surface area contributed by atoms with Gasteiger partial charge in [-0.05, 0) is 19.4 Å². The topological polar surface area (TPSA) is 20.2 Å². The Hall–Kier alpha value is -0.0500. The van der Waals surface area contributed by atoms with E-state index in [-0.39, 0.29) is 11.5 Å². The average Bonchev–Trinajstić information content (AvgIpc) is 2.27. The molecule has 0 aromatic heterocycles. The minimum atomic E-state index is -0.272. The van der Waals surface area contributed by atoms with Crippen LogP contribution >= 0.6 is 11.6 Å². The number of alkyl halides is 1. The first-order valence-corrected chi connectivity index (χ1v) is 8.02. The lowest BCUT2D eigenvalue weighted by molar-refractivity contribution is -0.910. The van der Waals surface area contributed by atoms with Crippen LogP contribution in [0.25, 0.3) is 0 Å². The van der Waals surface area contributed by atoms with Crippen LogP contribution in [0.2, 0.25) is 0 Å². The van der Waals surface area contributed by atoms with Crippen LogP contribution in [0.1, 0.15) is 52.4 Å². The van der Waals surface area contributed by atoms with Crippen LogP contribution in [0, 0.1) is 0 Å². The fraction of sp³-hybridized carbons (Fsp3) is 0.875. The highest BCUT2D eigenvalue weighted by Gasteiger charge is 2.30. The summed E-state index contributed by atoms with van der Waals surface area (Å²) < 4.78 is 0.853. The number of aliphatic hydroxyl groups excluding tert-OH is 1. The molecular weight excluding hydrogens is 258 g/mol. The van der Waals surface area contributed by atoms with Gasteiger partial charge in [-0.1, -0.05) is 32.8 Å². The number of rotatable bonds is 11. The maximum Gasteiger partial charge on any atom is 0.0969 e. The van der Waals surface area contributed by atoms with Gasteiger partial charge in [-0.15, -0.1) is 11.6 Å². The molecule has 3 heteroatoms. The predicted octanol–water partition coefficient (Wildman–Crippen LogP) is 3.97. The average molecular weight is 291 g/mol. The van der Waals surface area contributed by atoms with E-state index in [1.165, 1.54) is 19.3 Å². The first kappa shape index (κ1) is 18.9. The molecule has 114 valence electrons. The number of hydrogen-bond donors (Lipinski definition) is 1. The lowest BCUT2D eigenvalue weighted by Crippen LogP contribution is -2.51. The first-order chi connectivity index (χ1) is 8.83. The van der Waals surface area contributed by atoms with Crippen molar-refractivity contribution >= 4 is 11.6 Å². The van der Waals surface area contributed by atoms with Crippen molar-refractivity contribution in [3.05, 3.63) is 12.7 Å². The third-order valence-corrected chi connectivity index (χ3v) is 4.25. The molecule has 0 aromatic rings. The van der Waals surface area contributed by atoms with Gasteiger partial charge in [-0.25, -0.2) is 0 Å². The van der Waals surface area contributed by atoms with Gasteiger partial charge in [0.15, 0.2) is 0 Å². The van der Waals surface area contributed by atoms with Crippen LogP contribution < -0.4 is 0 Å². The Morgan fingerprint density at radius 3 is 2.37 bits per heavy atom. The highest BCUT2D eigenvalue weighted by molar-refractivity contribution is 6.20. The molecule has 0 bridgehead atoms. The van der Waals surface area contributed by atoms with Crippen LogP contribution in [0.3, 0.4) is 0 Å². The summed E-state index contributed by atoms with van der Waals surface area (Å²) >= 11 is 6.48. The third-order valence-electron chi connectivity index (χ3n) is 3.85. The molecule has 3 unspecified atom stereocenters. The van der Waals surface area contributed by atoms with Gasteiger partial charge in [-0.2, -0.15) is 0 Å². The molecule has 0 fully saturated rings. The van der Waals surface area contributed by atoms with Crippen LogP contribution in [-0.2, 0) is 0 Å². The van der Waals surface area contributed by atoms with Crippen molar-refractivity contribution in [2.75, 3.05) is 20.6 Å². The number of unbranched alkanes of at least 4 members (excludes halogenated alkanes) is 2. The molecule has 0 spiro atoms. The van der Waals surface area contributed by atoms with Gasteiger partial charge < -0.3 is 9.59 Å². The van der Waals surface area contributed by atoms with Crippen LogP contribution in [0.15, 0.2) is 12.7 Å². The SMILES string of the molecule is C=CC[N+](C)(C)C(CC(C)O)CC(Cl)CCCCC. The number of likely N-dealkylation sites (N-methyl/N-ethyl adjacent to an activating group) is 1. The maximum absolute atomic E-state index is 9.70. The lowest BCUT2D eigenvalue weighted by Gasteiger charge is -2.39. The second-order valence-electron chi connectivity index (χ2n) is 6.32. The summed E-state index contributed by atoms with van der Waals surface area (Å²) in [5.41, 5.74) is 0. The Bertz CT molecular complexity index is 241. The van der Waals surface area contributed by atoms with Crippen molar-refractivity contribution in [2.45, 2.75) is 69.9 Å². The van der Waals surface area contributed by atoms with Crippen molar-refractivity contribution < 1.29 is 9.59 Å².